The van der Waals surface area contributed by atoms with Gasteiger partial charge in [0, 0.05) is 6.54 Å². The van der Waals surface area contributed by atoms with Crippen molar-refractivity contribution in [1.82, 2.24) is 5.32 Å². The van der Waals surface area contributed by atoms with Crippen molar-refractivity contribution >= 4 is 5.91 Å². The van der Waals surface area contributed by atoms with Crippen LogP contribution in [0.25, 0.3) is 0 Å². The van der Waals surface area contributed by atoms with Crippen LogP contribution in [0.3, 0.4) is 0 Å². The van der Waals surface area contributed by atoms with Gasteiger partial charge >= 0.3 is 6.18 Å². The maximum absolute atomic E-state index is 12.4. The molecule has 124 valence electrons. The molecule has 2 N–H and O–H groups in total. The van der Waals surface area contributed by atoms with Crippen molar-refractivity contribution in [3.05, 3.63) is 29.8 Å². The molecule has 0 fully saturated rings. The van der Waals surface area contributed by atoms with E-state index in [1.807, 2.05) is 13.8 Å². The highest BCUT2D eigenvalue weighted by Crippen LogP contribution is 2.30. The number of amides is 1. The molecule has 0 aliphatic carbocycles. The van der Waals surface area contributed by atoms with Crippen molar-refractivity contribution in [2.24, 2.45) is 5.92 Å². The number of carbonyl (C=O) groups excluding carboxylic acids is 1. The summed E-state index contributed by atoms with van der Waals surface area (Å²) in [4.78, 5) is 11.5. The molecule has 0 heterocycles. The zero-order valence-corrected chi connectivity index (χ0v) is 12.5. The minimum atomic E-state index is -4.40. The Morgan fingerprint density at radius 2 is 1.86 bits per heavy atom. The molecule has 1 aromatic rings. The van der Waals surface area contributed by atoms with Crippen LogP contribution in [0.15, 0.2) is 24.3 Å². The predicted molar refractivity (Wildman–Crippen MR) is 75.4 cm³/mol. The topological polar surface area (TPSA) is 58.6 Å². The number of hydrogen-bond donors (Lipinski definition) is 2. The normalized spacial score (nSPS) is 13.0. The van der Waals surface area contributed by atoms with E-state index in [2.05, 4.69) is 5.32 Å². The summed E-state index contributed by atoms with van der Waals surface area (Å²) >= 11 is 0. The van der Waals surface area contributed by atoms with Gasteiger partial charge in [-0.2, -0.15) is 13.2 Å². The summed E-state index contributed by atoms with van der Waals surface area (Å²) in [5.41, 5.74) is -0.777. The standard InChI is InChI=1S/C15H20F3NO3/c1-10(2)7-12(20)8-19-14(21)9-22-13-5-3-11(4-6-13)15(16,17)18/h3-6,10,12,20H,7-9H2,1-2H3,(H,19,21). The number of ether oxygens (including phenoxy) is 1. The molecule has 1 aromatic carbocycles. The summed E-state index contributed by atoms with van der Waals surface area (Å²) in [6.07, 6.45) is -4.46. The van der Waals surface area contributed by atoms with Gasteiger partial charge < -0.3 is 15.2 Å². The maximum atomic E-state index is 12.4. The molecule has 0 aromatic heterocycles. The summed E-state index contributed by atoms with van der Waals surface area (Å²) in [5.74, 6) is 0.0453. The van der Waals surface area contributed by atoms with Gasteiger partial charge in [0.2, 0.25) is 0 Å². The minimum Gasteiger partial charge on any atom is -0.484 e. The van der Waals surface area contributed by atoms with Crippen molar-refractivity contribution in [1.29, 1.82) is 0 Å². The monoisotopic (exact) mass is 319 g/mol. The van der Waals surface area contributed by atoms with E-state index in [4.69, 9.17) is 4.74 Å². The number of alkyl halides is 3. The van der Waals surface area contributed by atoms with E-state index in [0.717, 1.165) is 24.3 Å². The Bertz CT molecular complexity index is 472. The van der Waals surface area contributed by atoms with Crippen molar-refractivity contribution in [2.75, 3.05) is 13.2 Å². The maximum Gasteiger partial charge on any atom is 0.416 e. The molecule has 1 atom stereocenters. The summed E-state index contributed by atoms with van der Waals surface area (Å²) in [5, 5.41) is 12.1. The first-order chi connectivity index (χ1) is 10.2. The van der Waals surface area contributed by atoms with Crippen LogP contribution in [0.4, 0.5) is 13.2 Å². The molecule has 4 nitrogen and oxygen atoms in total. The molecular weight excluding hydrogens is 299 g/mol. The Balaban J connectivity index is 2.35. The van der Waals surface area contributed by atoms with E-state index in [0.29, 0.717) is 12.3 Å². The number of aliphatic hydroxyl groups is 1. The average Bonchev–Trinajstić information content (AvgIpc) is 2.41. The van der Waals surface area contributed by atoms with Gasteiger partial charge in [-0.3, -0.25) is 4.79 Å². The van der Waals surface area contributed by atoms with Gasteiger partial charge in [-0.05, 0) is 36.6 Å². The number of rotatable bonds is 7. The van der Waals surface area contributed by atoms with Gasteiger partial charge in [0.15, 0.2) is 6.61 Å². The smallest absolute Gasteiger partial charge is 0.416 e. The lowest BCUT2D eigenvalue weighted by Gasteiger charge is -2.14. The number of nitrogens with one attached hydrogen (secondary N) is 1. The summed E-state index contributed by atoms with van der Waals surface area (Å²) in [6.45, 7) is 3.71. The quantitative estimate of drug-likeness (QED) is 0.812. The van der Waals surface area contributed by atoms with Gasteiger partial charge in [0.25, 0.3) is 5.91 Å². The van der Waals surface area contributed by atoms with E-state index >= 15 is 0 Å². The van der Waals surface area contributed by atoms with Gasteiger partial charge in [0.1, 0.15) is 5.75 Å². The Hall–Kier alpha value is -1.76. The lowest BCUT2D eigenvalue weighted by atomic mass is 10.1. The number of aliphatic hydroxyl groups excluding tert-OH is 1. The number of benzene rings is 1. The molecule has 0 saturated heterocycles. The molecule has 1 amide bonds. The Labute approximate surface area is 127 Å². The Morgan fingerprint density at radius 1 is 1.27 bits per heavy atom. The Morgan fingerprint density at radius 3 is 2.36 bits per heavy atom. The lowest BCUT2D eigenvalue weighted by molar-refractivity contribution is -0.137. The highest BCUT2D eigenvalue weighted by molar-refractivity contribution is 5.77. The number of hydrogen-bond acceptors (Lipinski definition) is 3. The molecule has 22 heavy (non-hydrogen) atoms. The second-order valence-corrected chi connectivity index (χ2v) is 5.40. The molecule has 0 radical (unpaired) electrons. The SMILES string of the molecule is CC(C)CC(O)CNC(=O)COc1ccc(C(F)(F)F)cc1. The van der Waals surface area contributed by atoms with E-state index in [1.54, 1.807) is 0 Å². The van der Waals surface area contributed by atoms with Gasteiger partial charge in [0.05, 0.1) is 11.7 Å². The Kier molecular flexibility index (Phi) is 6.67. The van der Waals surface area contributed by atoms with E-state index in [1.165, 1.54) is 0 Å². The van der Waals surface area contributed by atoms with E-state index < -0.39 is 23.8 Å². The van der Waals surface area contributed by atoms with Gasteiger partial charge in [-0.25, -0.2) is 0 Å². The third kappa shape index (κ3) is 6.80. The van der Waals surface area contributed by atoms with Gasteiger partial charge in [-0.1, -0.05) is 13.8 Å². The lowest BCUT2D eigenvalue weighted by Crippen LogP contribution is -2.35. The van der Waals surface area contributed by atoms with Crippen LogP contribution in [0.5, 0.6) is 5.75 Å². The summed E-state index contributed by atoms with van der Waals surface area (Å²) < 4.78 is 42.2. The molecule has 7 heteroatoms. The third-order valence-electron chi connectivity index (χ3n) is 2.83. The number of halogens is 3. The zero-order chi connectivity index (χ0) is 16.8. The zero-order valence-electron chi connectivity index (χ0n) is 12.5. The fourth-order valence-electron chi connectivity index (χ4n) is 1.80. The van der Waals surface area contributed by atoms with Crippen molar-refractivity contribution < 1.29 is 27.8 Å². The highest BCUT2D eigenvalue weighted by atomic mass is 19.4. The molecule has 0 bridgehead atoms. The van der Waals surface area contributed by atoms with Crippen LogP contribution >= 0.6 is 0 Å². The first kappa shape index (κ1) is 18.3. The second kappa shape index (κ2) is 8.03. The summed E-state index contributed by atoms with van der Waals surface area (Å²) in [7, 11) is 0. The molecular formula is C15H20F3NO3. The minimum absolute atomic E-state index is 0.118. The predicted octanol–water partition coefficient (Wildman–Crippen LogP) is 2.61. The summed E-state index contributed by atoms with van der Waals surface area (Å²) in [6, 6.07) is 4.09. The molecule has 0 aliphatic heterocycles. The van der Waals surface area contributed by atoms with Crippen molar-refractivity contribution in [2.45, 2.75) is 32.5 Å². The molecule has 1 rings (SSSR count). The van der Waals surface area contributed by atoms with Crippen LogP contribution in [-0.2, 0) is 11.0 Å². The fourth-order valence-corrected chi connectivity index (χ4v) is 1.80. The van der Waals surface area contributed by atoms with E-state index in [-0.39, 0.29) is 18.9 Å². The molecule has 0 saturated carbocycles. The average molecular weight is 319 g/mol. The fraction of sp³-hybridized carbons (Fsp3) is 0.533. The van der Waals surface area contributed by atoms with Crippen LogP contribution in [0.2, 0.25) is 0 Å². The van der Waals surface area contributed by atoms with E-state index in [9.17, 15) is 23.1 Å². The van der Waals surface area contributed by atoms with Crippen molar-refractivity contribution in [3.63, 3.8) is 0 Å². The first-order valence-electron chi connectivity index (χ1n) is 6.93. The van der Waals surface area contributed by atoms with Gasteiger partial charge in [-0.15, -0.1) is 0 Å². The highest BCUT2D eigenvalue weighted by Gasteiger charge is 2.30. The van der Waals surface area contributed by atoms with Crippen LogP contribution in [0.1, 0.15) is 25.8 Å². The molecule has 0 spiro atoms. The largest absolute Gasteiger partial charge is 0.484 e. The van der Waals surface area contributed by atoms with Crippen LogP contribution in [0, 0.1) is 5.92 Å². The van der Waals surface area contributed by atoms with Crippen LogP contribution in [-0.4, -0.2) is 30.3 Å². The van der Waals surface area contributed by atoms with Crippen molar-refractivity contribution in [3.8, 4) is 5.75 Å². The first-order valence-corrected chi connectivity index (χ1v) is 6.93. The molecule has 1 unspecified atom stereocenters. The third-order valence-corrected chi connectivity index (χ3v) is 2.83. The number of carbonyl (C=O) groups is 1. The molecule has 0 aliphatic rings. The van der Waals surface area contributed by atoms with Crippen LogP contribution < -0.4 is 10.1 Å². The second-order valence-electron chi connectivity index (χ2n) is 5.40.